The largest absolute Gasteiger partial charge is 0.495 e. The lowest BCUT2D eigenvalue weighted by Crippen LogP contribution is -2.55. The summed E-state index contributed by atoms with van der Waals surface area (Å²) >= 11 is 6.27. The fourth-order valence-corrected chi connectivity index (χ4v) is 2.84. The van der Waals surface area contributed by atoms with E-state index in [4.69, 9.17) is 21.1 Å². The van der Waals surface area contributed by atoms with Crippen LogP contribution in [0.2, 0.25) is 5.02 Å². The third-order valence-corrected chi connectivity index (χ3v) is 4.20. The topological polar surface area (TPSA) is 33.7 Å². The Hall–Kier alpha value is -1.13. The van der Waals surface area contributed by atoms with Gasteiger partial charge in [0.1, 0.15) is 11.5 Å². The lowest BCUT2D eigenvalue weighted by Gasteiger charge is -2.40. The van der Waals surface area contributed by atoms with Crippen molar-refractivity contribution in [3.05, 3.63) is 17.2 Å². The van der Waals surface area contributed by atoms with Gasteiger partial charge >= 0.3 is 0 Å². The molecule has 4 nitrogen and oxygen atoms in total. The fraction of sp³-hybridized carbons (Fsp3) is 0.600. The maximum Gasteiger partial charge on any atom is 0.145 e. The highest BCUT2D eigenvalue weighted by Crippen LogP contribution is 2.39. The summed E-state index contributed by atoms with van der Waals surface area (Å²) in [6.45, 7) is 6.32. The van der Waals surface area contributed by atoms with Crippen LogP contribution in [0.1, 0.15) is 20.3 Å². The Bertz CT molecular complexity index is 467. The van der Waals surface area contributed by atoms with Gasteiger partial charge in [0.05, 0.1) is 24.9 Å². The second kappa shape index (κ2) is 6.55. The van der Waals surface area contributed by atoms with Crippen LogP contribution >= 0.6 is 11.6 Å². The maximum absolute atomic E-state index is 6.27. The third kappa shape index (κ3) is 2.96. The lowest BCUT2D eigenvalue weighted by atomic mass is 10.1. The van der Waals surface area contributed by atoms with Gasteiger partial charge in [-0.15, -0.1) is 0 Å². The molecule has 0 amide bonds. The standard InChI is InChI=1S/C15H23ClN2O2/c1-5-11-9-18(10(2)8-17-11)13-6-12(16)14(19-3)7-15(13)20-4/h6-7,10-11,17H,5,8-9H2,1-4H3. The van der Waals surface area contributed by atoms with E-state index < -0.39 is 0 Å². The van der Waals surface area contributed by atoms with Gasteiger partial charge in [0.2, 0.25) is 0 Å². The molecule has 1 aromatic rings. The van der Waals surface area contributed by atoms with E-state index in [0.717, 1.165) is 30.9 Å². The minimum Gasteiger partial charge on any atom is -0.495 e. The molecule has 0 bridgehead atoms. The van der Waals surface area contributed by atoms with Gasteiger partial charge in [-0.25, -0.2) is 0 Å². The van der Waals surface area contributed by atoms with Crippen LogP contribution in [0.5, 0.6) is 11.5 Å². The van der Waals surface area contributed by atoms with E-state index in [2.05, 4.69) is 24.1 Å². The highest BCUT2D eigenvalue weighted by atomic mass is 35.5. The number of anilines is 1. The van der Waals surface area contributed by atoms with Crippen molar-refractivity contribution in [3.63, 3.8) is 0 Å². The van der Waals surface area contributed by atoms with Crippen LogP contribution < -0.4 is 19.7 Å². The van der Waals surface area contributed by atoms with Crippen LogP contribution in [0.15, 0.2) is 12.1 Å². The molecule has 1 fully saturated rings. The first-order chi connectivity index (χ1) is 9.60. The molecule has 1 heterocycles. The molecule has 2 rings (SSSR count). The third-order valence-electron chi connectivity index (χ3n) is 3.91. The second-order valence-corrected chi connectivity index (χ2v) is 5.58. The van der Waals surface area contributed by atoms with Crippen LogP contribution in [0.25, 0.3) is 0 Å². The van der Waals surface area contributed by atoms with Crippen molar-refractivity contribution >= 4 is 17.3 Å². The average Bonchev–Trinajstić information content (AvgIpc) is 2.47. The Morgan fingerprint density at radius 3 is 2.60 bits per heavy atom. The minimum absolute atomic E-state index is 0.399. The van der Waals surface area contributed by atoms with E-state index in [9.17, 15) is 0 Å². The molecule has 2 atom stereocenters. The van der Waals surface area contributed by atoms with Crippen LogP contribution in [0.3, 0.4) is 0 Å². The normalized spacial score (nSPS) is 22.8. The van der Waals surface area contributed by atoms with E-state index in [1.165, 1.54) is 0 Å². The summed E-state index contributed by atoms with van der Waals surface area (Å²) in [4.78, 5) is 2.36. The number of rotatable bonds is 4. The van der Waals surface area contributed by atoms with Crippen molar-refractivity contribution in [2.75, 3.05) is 32.2 Å². The predicted octanol–water partition coefficient (Wildman–Crippen LogP) is 2.93. The zero-order valence-corrected chi connectivity index (χ0v) is 13.3. The van der Waals surface area contributed by atoms with E-state index in [1.54, 1.807) is 14.2 Å². The monoisotopic (exact) mass is 298 g/mol. The molecule has 0 aliphatic carbocycles. The van der Waals surface area contributed by atoms with Crippen LogP contribution in [-0.2, 0) is 0 Å². The van der Waals surface area contributed by atoms with E-state index in [1.807, 2.05) is 12.1 Å². The molecule has 112 valence electrons. The Kier molecular flexibility index (Phi) is 5.00. The van der Waals surface area contributed by atoms with Gasteiger partial charge in [0, 0.05) is 31.2 Å². The summed E-state index contributed by atoms with van der Waals surface area (Å²) in [6, 6.07) is 4.69. The Morgan fingerprint density at radius 1 is 1.30 bits per heavy atom. The number of halogens is 1. The van der Waals surface area contributed by atoms with Gasteiger partial charge < -0.3 is 19.7 Å². The number of nitrogens with zero attached hydrogens (tertiary/aromatic N) is 1. The quantitative estimate of drug-likeness (QED) is 0.927. The molecular weight excluding hydrogens is 276 g/mol. The minimum atomic E-state index is 0.399. The van der Waals surface area contributed by atoms with Crippen LogP contribution in [-0.4, -0.2) is 39.4 Å². The molecule has 2 unspecified atom stereocenters. The van der Waals surface area contributed by atoms with Gasteiger partial charge in [0.15, 0.2) is 0 Å². The number of methoxy groups -OCH3 is 2. The number of hydrogen-bond acceptors (Lipinski definition) is 4. The fourth-order valence-electron chi connectivity index (χ4n) is 2.61. The number of hydrogen-bond donors (Lipinski definition) is 1. The summed E-state index contributed by atoms with van der Waals surface area (Å²) in [6.07, 6.45) is 1.11. The van der Waals surface area contributed by atoms with Gasteiger partial charge in [-0.05, 0) is 19.4 Å². The molecule has 1 aliphatic rings. The van der Waals surface area contributed by atoms with Crippen LogP contribution in [0.4, 0.5) is 5.69 Å². The van der Waals surface area contributed by atoms with Crippen molar-refractivity contribution in [1.82, 2.24) is 5.32 Å². The Morgan fingerprint density at radius 2 is 2.00 bits per heavy atom. The van der Waals surface area contributed by atoms with Crippen molar-refractivity contribution < 1.29 is 9.47 Å². The first-order valence-corrected chi connectivity index (χ1v) is 7.40. The summed E-state index contributed by atoms with van der Waals surface area (Å²) in [5.74, 6) is 1.44. The van der Waals surface area contributed by atoms with Gasteiger partial charge in [-0.1, -0.05) is 18.5 Å². The van der Waals surface area contributed by atoms with Gasteiger partial charge in [-0.3, -0.25) is 0 Å². The summed E-state index contributed by atoms with van der Waals surface area (Å²) in [7, 11) is 3.29. The molecule has 0 spiro atoms. The van der Waals surface area contributed by atoms with Gasteiger partial charge in [-0.2, -0.15) is 0 Å². The van der Waals surface area contributed by atoms with Crippen molar-refractivity contribution in [3.8, 4) is 11.5 Å². The molecule has 1 aromatic carbocycles. The van der Waals surface area contributed by atoms with Crippen molar-refractivity contribution in [2.24, 2.45) is 0 Å². The maximum atomic E-state index is 6.27. The average molecular weight is 299 g/mol. The zero-order valence-electron chi connectivity index (χ0n) is 12.6. The summed E-state index contributed by atoms with van der Waals surface area (Å²) < 4.78 is 10.8. The van der Waals surface area contributed by atoms with Gasteiger partial charge in [0.25, 0.3) is 0 Å². The molecule has 0 aromatic heterocycles. The lowest BCUT2D eigenvalue weighted by molar-refractivity contribution is 0.377. The van der Waals surface area contributed by atoms with E-state index in [0.29, 0.717) is 22.9 Å². The molecule has 0 radical (unpaired) electrons. The SMILES string of the molecule is CCC1CN(c2cc(Cl)c(OC)cc2OC)C(C)CN1. The predicted molar refractivity (Wildman–Crippen MR) is 83.4 cm³/mol. The van der Waals surface area contributed by atoms with Crippen molar-refractivity contribution in [1.29, 1.82) is 0 Å². The summed E-state index contributed by atoms with van der Waals surface area (Å²) in [5.41, 5.74) is 1.03. The molecule has 1 saturated heterocycles. The Balaban J connectivity index is 2.37. The molecular formula is C15H23ClN2O2. The van der Waals surface area contributed by atoms with E-state index in [-0.39, 0.29) is 0 Å². The molecule has 1 N–H and O–H groups in total. The molecule has 1 aliphatic heterocycles. The number of nitrogens with one attached hydrogen (secondary N) is 1. The number of ether oxygens (including phenoxy) is 2. The highest BCUT2D eigenvalue weighted by Gasteiger charge is 2.27. The Labute approximate surface area is 126 Å². The first kappa shape index (κ1) is 15.3. The molecule has 5 heteroatoms. The summed E-state index contributed by atoms with van der Waals surface area (Å²) in [5, 5.41) is 4.17. The second-order valence-electron chi connectivity index (χ2n) is 5.17. The zero-order chi connectivity index (χ0) is 14.7. The van der Waals surface area contributed by atoms with Crippen LogP contribution in [0, 0.1) is 0 Å². The van der Waals surface area contributed by atoms with E-state index >= 15 is 0 Å². The van der Waals surface area contributed by atoms with Crippen molar-refractivity contribution in [2.45, 2.75) is 32.4 Å². The smallest absolute Gasteiger partial charge is 0.145 e. The number of benzene rings is 1. The molecule has 0 saturated carbocycles. The first-order valence-electron chi connectivity index (χ1n) is 7.02. The molecule has 20 heavy (non-hydrogen) atoms. The highest BCUT2D eigenvalue weighted by molar-refractivity contribution is 6.32. The number of piperazine rings is 1.